The number of nitrogens with zero attached hydrogens (tertiary/aromatic N) is 2. The molecule has 0 aliphatic heterocycles. The Balaban J connectivity index is 1.75. The van der Waals surface area contributed by atoms with E-state index in [0.717, 1.165) is 16.1 Å². The third-order valence-corrected chi connectivity index (χ3v) is 8.44. The molecule has 0 bridgehead atoms. The second kappa shape index (κ2) is 9.32. The molecular formula is C22H26N3O4PS. The molecule has 0 spiro atoms. The van der Waals surface area contributed by atoms with Crippen LogP contribution < -0.4 is 5.32 Å². The minimum absolute atomic E-state index is 0.305. The van der Waals surface area contributed by atoms with Crippen molar-refractivity contribution in [2.75, 3.05) is 5.32 Å². The van der Waals surface area contributed by atoms with Gasteiger partial charge in [0.1, 0.15) is 0 Å². The predicted octanol–water partition coefficient (Wildman–Crippen LogP) is 4.99. The molecule has 0 aliphatic rings. The van der Waals surface area contributed by atoms with Crippen LogP contribution in [0.3, 0.4) is 0 Å². The fourth-order valence-electron chi connectivity index (χ4n) is 3.74. The van der Waals surface area contributed by atoms with E-state index < -0.39 is 12.8 Å². The van der Waals surface area contributed by atoms with Crippen LogP contribution in [0.1, 0.15) is 37.8 Å². The topological polar surface area (TPSA) is 104 Å². The Hall–Kier alpha value is -2.51. The molecular weight excluding hydrogens is 433 g/mol. The maximum atomic E-state index is 12.4. The summed E-state index contributed by atoms with van der Waals surface area (Å²) in [6.07, 6.45) is 5.52. The van der Waals surface area contributed by atoms with Crippen LogP contribution >= 0.6 is 18.9 Å². The van der Waals surface area contributed by atoms with Crippen molar-refractivity contribution >= 4 is 36.6 Å². The number of carbonyl (C=O) groups excluding carboxylic acids is 1. The number of nitrogens with one attached hydrogen (secondary N) is 1. The Morgan fingerprint density at radius 2 is 1.90 bits per heavy atom. The Kier molecular flexibility index (Phi) is 6.96. The van der Waals surface area contributed by atoms with Crippen LogP contribution in [0.5, 0.6) is 0 Å². The van der Waals surface area contributed by atoms with Gasteiger partial charge in [-0.15, -0.1) is 11.3 Å². The molecule has 0 unspecified atom stereocenters. The van der Waals surface area contributed by atoms with E-state index in [9.17, 15) is 19.1 Å². The first-order valence-electron chi connectivity index (χ1n) is 9.93. The smallest absolute Gasteiger partial charge is 0.324 e. The van der Waals surface area contributed by atoms with Crippen molar-refractivity contribution in [2.45, 2.75) is 31.8 Å². The molecule has 31 heavy (non-hydrogen) atoms. The molecule has 0 saturated carbocycles. The number of benzene rings is 1. The Morgan fingerprint density at radius 3 is 2.45 bits per heavy atom. The maximum absolute atomic E-state index is 12.4. The van der Waals surface area contributed by atoms with Crippen LogP contribution in [0.4, 0.5) is 5.69 Å². The van der Waals surface area contributed by atoms with Crippen molar-refractivity contribution in [1.82, 2.24) is 9.78 Å². The second-order valence-electron chi connectivity index (χ2n) is 7.23. The van der Waals surface area contributed by atoms with Gasteiger partial charge in [0.25, 0.3) is 0 Å². The molecule has 3 aromatic rings. The summed E-state index contributed by atoms with van der Waals surface area (Å²) in [4.78, 5) is 33.2. The third kappa shape index (κ3) is 4.72. The summed E-state index contributed by atoms with van der Waals surface area (Å²) < 4.78 is 13.9. The van der Waals surface area contributed by atoms with Crippen LogP contribution in [0, 0.1) is 0 Å². The zero-order chi connectivity index (χ0) is 22.6. The standard InChI is InChI=1S/C22H26N3O4PS/c1-4-22(5-2,30(27,28)29)17-9-11-18(12-10-17)24-20(26)13-8-16-15-23-25(3)21(16)19-7-6-14-31-19/h6-15H,4-5H2,1-3H3,(H,24,26)(H2,27,28,29). The molecule has 1 amide bonds. The van der Waals surface area contributed by atoms with Gasteiger partial charge in [-0.1, -0.05) is 32.0 Å². The number of carbonyl (C=O) groups is 1. The van der Waals surface area contributed by atoms with E-state index in [1.807, 2.05) is 24.6 Å². The third-order valence-electron chi connectivity index (χ3n) is 5.55. The van der Waals surface area contributed by atoms with Crippen molar-refractivity contribution in [3.8, 4) is 10.6 Å². The molecule has 2 aromatic heterocycles. The number of aromatic nitrogens is 2. The highest BCUT2D eigenvalue weighted by atomic mass is 32.1. The van der Waals surface area contributed by atoms with E-state index in [0.29, 0.717) is 24.1 Å². The fourth-order valence-corrected chi connectivity index (χ4v) is 5.87. The van der Waals surface area contributed by atoms with Gasteiger partial charge in [-0.25, -0.2) is 0 Å². The summed E-state index contributed by atoms with van der Waals surface area (Å²) in [5, 5.41) is 7.84. The van der Waals surface area contributed by atoms with Crippen LogP contribution in [0.2, 0.25) is 0 Å². The monoisotopic (exact) mass is 459 g/mol. The lowest BCUT2D eigenvalue weighted by molar-refractivity contribution is -0.111. The summed E-state index contributed by atoms with van der Waals surface area (Å²) in [5.41, 5.74) is 2.90. The van der Waals surface area contributed by atoms with Gasteiger partial charge in [-0.2, -0.15) is 5.10 Å². The molecule has 164 valence electrons. The van der Waals surface area contributed by atoms with E-state index in [4.69, 9.17) is 0 Å². The number of hydrogen-bond donors (Lipinski definition) is 3. The Labute approximate surface area is 185 Å². The molecule has 1 aromatic carbocycles. The van der Waals surface area contributed by atoms with Crippen LogP contribution in [-0.2, 0) is 21.6 Å². The van der Waals surface area contributed by atoms with E-state index in [1.54, 1.807) is 66.4 Å². The van der Waals surface area contributed by atoms with Crippen molar-refractivity contribution in [2.24, 2.45) is 7.05 Å². The van der Waals surface area contributed by atoms with Crippen LogP contribution in [-0.4, -0.2) is 25.5 Å². The number of rotatable bonds is 8. The summed E-state index contributed by atoms with van der Waals surface area (Å²) in [7, 11) is -2.49. The summed E-state index contributed by atoms with van der Waals surface area (Å²) >= 11 is 1.60. The molecule has 0 aliphatic carbocycles. The summed E-state index contributed by atoms with van der Waals surface area (Å²) in [6.45, 7) is 3.54. The van der Waals surface area contributed by atoms with Crippen molar-refractivity contribution < 1.29 is 19.1 Å². The van der Waals surface area contributed by atoms with Gasteiger partial charge >= 0.3 is 7.60 Å². The van der Waals surface area contributed by atoms with E-state index >= 15 is 0 Å². The summed E-state index contributed by atoms with van der Waals surface area (Å²) in [6, 6.07) is 10.6. The maximum Gasteiger partial charge on any atom is 0.335 e. The largest absolute Gasteiger partial charge is 0.335 e. The van der Waals surface area contributed by atoms with Crippen LogP contribution in [0.25, 0.3) is 16.6 Å². The first kappa shape index (κ1) is 23.2. The highest BCUT2D eigenvalue weighted by molar-refractivity contribution is 7.53. The number of aryl methyl sites for hydroxylation is 1. The molecule has 7 nitrogen and oxygen atoms in total. The normalized spacial score (nSPS) is 12.4. The van der Waals surface area contributed by atoms with E-state index in [-0.39, 0.29) is 5.91 Å². The van der Waals surface area contributed by atoms with Gasteiger partial charge in [-0.05, 0) is 48.1 Å². The Bertz CT molecular complexity index is 1110. The van der Waals surface area contributed by atoms with E-state index in [2.05, 4.69) is 10.4 Å². The number of thiophene rings is 1. The van der Waals surface area contributed by atoms with Gasteiger partial charge in [0.15, 0.2) is 0 Å². The Morgan fingerprint density at radius 1 is 1.23 bits per heavy atom. The van der Waals surface area contributed by atoms with Crippen molar-refractivity contribution in [3.05, 3.63) is 65.2 Å². The number of anilines is 1. The molecule has 0 atom stereocenters. The molecule has 3 N–H and O–H groups in total. The number of hydrogen-bond acceptors (Lipinski definition) is 4. The molecule has 2 heterocycles. The first-order valence-corrected chi connectivity index (χ1v) is 12.4. The molecule has 3 rings (SSSR count). The zero-order valence-corrected chi connectivity index (χ0v) is 19.4. The first-order chi connectivity index (χ1) is 14.7. The minimum atomic E-state index is -4.35. The fraction of sp³-hybridized carbons (Fsp3) is 0.273. The lowest BCUT2D eigenvalue weighted by Gasteiger charge is -2.33. The van der Waals surface area contributed by atoms with E-state index in [1.165, 1.54) is 6.08 Å². The van der Waals surface area contributed by atoms with Gasteiger partial charge in [0.2, 0.25) is 5.91 Å². The number of amides is 1. The average molecular weight is 460 g/mol. The molecule has 9 heteroatoms. The van der Waals surface area contributed by atoms with Crippen LogP contribution in [0.15, 0.2) is 54.1 Å². The van der Waals surface area contributed by atoms with Crippen molar-refractivity contribution in [1.29, 1.82) is 0 Å². The molecule has 0 fully saturated rings. The average Bonchev–Trinajstić information content (AvgIpc) is 3.37. The molecule has 0 saturated heterocycles. The molecule has 0 radical (unpaired) electrons. The SMILES string of the molecule is CCC(CC)(c1ccc(NC(=O)C=Cc2cnn(C)c2-c2cccs2)cc1)P(=O)(O)O. The predicted molar refractivity (Wildman–Crippen MR) is 125 cm³/mol. The second-order valence-corrected chi connectivity index (χ2v) is 10.1. The van der Waals surface area contributed by atoms with Gasteiger partial charge in [0, 0.05) is 24.4 Å². The highest BCUT2D eigenvalue weighted by Gasteiger charge is 2.45. The quantitative estimate of drug-likeness (QED) is 0.325. The summed E-state index contributed by atoms with van der Waals surface area (Å²) in [5.74, 6) is -0.305. The highest BCUT2D eigenvalue weighted by Crippen LogP contribution is 2.60. The lowest BCUT2D eigenvalue weighted by atomic mass is 9.92. The van der Waals surface area contributed by atoms with Crippen molar-refractivity contribution in [3.63, 3.8) is 0 Å². The van der Waals surface area contributed by atoms with Gasteiger partial charge < -0.3 is 15.1 Å². The van der Waals surface area contributed by atoms with Gasteiger partial charge in [-0.3, -0.25) is 14.0 Å². The zero-order valence-electron chi connectivity index (χ0n) is 17.6. The minimum Gasteiger partial charge on any atom is -0.324 e. The lowest BCUT2D eigenvalue weighted by Crippen LogP contribution is -2.24. The van der Waals surface area contributed by atoms with Gasteiger partial charge in [0.05, 0.1) is 21.9 Å².